The fraction of sp³-hybridized carbons (Fsp3) is 0.533. The van der Waals surface area contributed by atoms with Crippen LogP contribution < -0.4 is 10.6 Å². The summed E-state index contributed by atoms with van der Waals surface area (Å²) in [6.07, 6.45) is 5.90. The molecule has 0 bridgehead atoms. The minimum atomic E-state index is -0.827. The number of nitrogens with one attached hydrogen (secondary N) is 2. The van der Waals surface area contributed by atoms with E-state index in [1.54, 1.807) is 6.20 Å². The molecule has 6 heteroatoms. The van der Waals surface area contributed by atoms with Gasteiger partial charge in [-0.25, -0.2) is 4.79 Å². The molecule has 2 amide bonds. The van der Waals surface area contributed by atoms with E-state index in [4.69, 9.17) is 0 Å². The van der Waals surface area contributed by atoms with Crippen LogP contribution in [0, 0.1) is 5.92 Å². The summed E-state index contributed by atoms with van der Waals surface area (Å²) in [6.45, 7) is 0.330. The maximum absolute atomic E-state index is 11.9. The zero-order valence-electron chi connectivity index (χ0n) is 11.9. The molecule has 1 aliphatic carbocycles. The Labute approximate surface area is 124 Å². The molecule has 2 unspecified atom stereocenters. The van der Waals surface area contributed by atoms with Gasteiger partial charge in [0.2, 0.25) is 0 Å². The van der Waals surface area contributed by atoms with E-state index in [1.807, 2.05) is 18.2 Å². The average molecular weight is 291 g/mol. The first-order chi connectivity index (χ1) is 10.2. The standard InChI is InChI=1S/C15H21N3O3/c19-14(20)12-7-2-1-3-8-13(12)18-15(21)17-10-11-6-4-5-9-16-11/h4-6,9,12-13H,1-3,7-8,10H2,(H,19,20)(H2,17,18,21). The van der Waals surface area contributed by atoms with Crippen molar-refractivity contribution in [3.63, 3.8) is 0 Å². The van der Waals surface area contributed by atoms with Crippen LogP contribution in [0.5, 0.6) is 0 Å². The van der Waals surface area contributed by atoms with Crippen molar-refractivity contribution in [1.29, 1.82) is 0 Å². The van der Waals surface area contributed by atoms with E-state index < -0.39 is 11.9 Å². The van der Waals surface area contributed by atoms with E-state index in [1.165, 1.54) is 0 Å². The highest BCUT2D eigenvalue weighted by Gasteiger charge is 2.30. The summed E-state index contributed by atoms with van der Waals surface area (Å²) in [5, 5.41) is 14.8. The smallest absolute Gasteiger partial charge is 0.315 e. The summed E-state index contributed by atoms with van der Waals surface area (Å²) < 4.78 is 0. The Hall–Kier alpha value is -2.11. The van der Waals surface area contributed by atoms with Crippen molar-refractivity contribution in [1.82, 2.24) is 15.6 Å². The van der Waals surface area contributed by atoms with Gasteiger partial charge in [0.25, 0.3) is 0 Å². The fourth-order valence-electron chi connectivity index (χ4n) is 2.67. The first-order valence-electron chi connectivity index (χ1n) is 7.34. The second-order valence-corrected chi connectivity index (χ2v) is 5.34. The van der Waals surface area contributed by atoms with Crippen molar-refractivity contribution in [2.24, 2.45) is 5.92 Å². The van der Waals surface area contributed by atoms with Gasteiger partial charge in [-0.3, -0.25) is 9.78 Å². The Kier molecular flexibility index (Phi) is 5.54. The van der Waals surface area contributed by atoms with Gasteiger partial charge in [-0.15, -0.1) is 0 Å². The molecule has 0 spiro atoms. The number of urea groups is 1. The quantitative estimate of drug-likeness (QED) is 0.739. The average Bonchev–Trinajstić information content (AvgIpc) is 2.72. The summed E-state index contributed by atoms with van der Waals surface area (Å²) in [5.41, 5.74) is 0.767. The Balaban J connectivity index is 1.86. The molecule has 0 aliphatic heterocycles. The minimum absolute atomic E-state index is 0.297. The number of carboxylic acid groups (broad SMARTS) is 1. The SMILES string of the molecule is O=C(NCc1ccccn1)NC1CCCCCC1C(=O)O. The minimum Gasteiger partial charge on any atom is -0.481 e. The number of carboxylic acids is 1. The number of pyridine rings is 1. The number of amides is 2. The molecule has 2 atom stereocenters. The Morgan fingerprint density at radius 3 is 2.76 bits per heavy atom. The molecule has 0 saturated heterocycles. The van der Waals surface area contributed by atoms with Crippen LogP contribution in [-0.2, 0) is 11.3 Å². The van der Waals surface area contributed by atoms with Gasteiger partial charge in [0.1, 0.15) is 0 Å². The molecule has 3 N–H and O–H groups in total. The largest absolute Gasteiger partial charge is 0.481 e. The Morgan fingerprint density at radius 1 is 1.24 bits per heavy atom. The number of aliphatic carboxylic acids is 1. The van der Waals surface area contributed by atoms with Crippen molar-refractivity contribution >= 4 is 12.0 Å². The van der Waals surface area contributed by atoms with Gasteiger partial charge in [0.15, 0.2) is 0 Å². The molecular formula is C15H21N3O3. The second kappa shape index (κ2) is 7.61. The zero-order valence-corrected chi connectivity index (χ0v) is 11.9. The molecule has 0 aromatic carbocycles. The third-order valence-corrected chi connectivity index (χ3v) is 3.81. The lowest BCUT2D eigenvalue weighted by Crippen LogP contribution is -2.47. The van der Waals surface area contributed by atoms with Gasteiger partial charge in [0.05, 0.1) is 18.2 Å². The van der Waals surface area contributed by atoms with Crippen LogP contribution in [0.3, 0.4) is 0 Å². The Morgan fingerprint density at radius 2 is 2.05 bits per heavy atom. The van der Waals surface area contributed by atoms with Crippen LogP contribution in [0.15, 0.2) is 24.4 Å². The summed E-state index contributed by atoms with van der Waals surface area (Å²) >= 11 is 0. The topological polar surface area (TPSA) is 91.3 Å². The molecule has 1 aromatic rings. The fourth-order valence-corrected chi connectivity index (χ4v) is 2.67. The summed E-state index contributed by atoms with van der Waals surface area (Å²) in [5.74, 6) is -1.32. The van der Waals surface area contributed by atoms with Crippen molar-refractivity contribution < 1.29 is 14.7 Å². The third-order valence-electron chi connectivity index (χ3n) is 3.81. The monoisotopic (exact) mass is 291 g/mol. The number of hydrogen-bond donors (Lipinski definition) is 3. The molecule has 1 heterocycles. The van der Waals surface area contributed by atoms with E-state index in [0.29, 0.717) is 19.4 Å². The number of hydrogen-bond acceptors (Lipinski definition) is 3. The summed E-state index contributed by atoms with van der Waals surface area (Å²) in [6, 6.07) is 4.86. The molecule has 6 nitrogen and oxygen atoms in total. The first kappa shape index (κ1) is 15.3. The molecular weight excluding hydrogens is 270 g/mol. The van der Waals surface area contributed by atoms with E-state index in [0.717, 1.165) is 25.0 Å². The number of rotatable bonds is 4. The maximum atomic E-state index is 11.9. The zero-order chi connectivity index (χ0) is 15.1. The van der Waals surface area contributed by atoms with Gasteiger partial charge in [-0.2, -0.15) is 0 Å². The van der Waals surface area contributed by atoms with Gasteiger partial charge in [-0.1, -0.05) is 25.3 Å². The Bertz CT molecular complexity index is 478. The van der Waals surface area contributed by atoms with Crippen molar-refractivity contribution in [2.45, 2.75) is 44.7 Å². The van der Waals surface area contributed by atoms with Crippen LogP contribution in [0.1, 0.15) is 37.8 Å². The van der Waals surface area contributed by atoms with Crippen molar-refractivity contribution in [3.8, 4) is 0 Å². The van der Waals surface area contributed by atoms with Gasteiger partial charge >= 0.3 is 12.0 Å². The van der Waals surface area contributed by atoms with E-state index in [9.17, 15) is 14.7 Å². The number of nitrogens with zero attached hydrogens (tertiary/aromatic N) is 1. The number of carbonyl (C=O) groups excluding carboxylic acids is 1. The first-order valence-corrected chi connectivity index (χ1v) is 7.34. The normalized spacial score (nSPS) is 22.1. The predicted molar refractivity (Wildman–Crippen MR) is 77.6 cm³/mol. The molecule has 114 valence electrons. The van der Waals surface area contributed by atoms with Crippen molar-refractivity contribution in [2.75, 3.05) is 0 Å². The lowest BCUT2D eigenvalue weighted by Gasteiger charge is -2.23. The lowest BCUT2D eigenvalue weighted by atomic mass is 9.95. The van der Waals surface area contributed by atoms with Gasteiger partial charge in [0, 0.05) is 12.2 Å². The van der Waals surface area contributed by atoms with E-state index >= 15 is 0 Å². The molecule has 1 fully saturated rings. The molecule has 1 aliphatic rings. The highest BCUT2D eigenvalue weighted by atomic mass is 16.4. The highest BCUT2D eigenvalue weighted by Crippen LogP contribution is 2.23. The highest BCUT2D eigenvalue weighted by molar-refractivity contribution is 5.76. The summed E-state index contributed by atoms with van der Waals surface area (Å²) in [7, 11) is 0. The molecule has 2 rings (SSSR count). The van der Waals surface area contributed by atoms with E-state index in [-0.39, 0.29) is 12.1 Å². The predicted octanol–water partition coefficient (Wildman–Crippen LogP) is 1.91. The molecule has 21 heavy (non-hydrogen) atoms. The van der Waals surface area contributed by atoms with Gasteiger partial charge in [-0.05, 0) is 25.0 Å². The maximum Gasteiger partial charge on any atom is 0.315 e. The van der Waals surface area contributed by atoms with Crippen LogP contribution in [0.4, 0.5) is 4.79 Å². The lowest BCUT2D eigenvalue weighted by molar-refractivity contribution is -0.142. The number of aromatic nitrogens is 1. The second-order valence-electron chi connectivity index (χ2n) is 5.34. The number of carbonyl (C=O) groups is 2. The molecule has 1 aromatic heterocycles. The van der Waals surface area contributed by atoms with Crippen molar-refractivity contribution in [3.05, 3.63) is 30.1 Å². The van der Waals surface area contributed by atoms with Crippen LogP contribution >= 0.6 is 0 Å². The van der Waals surface area contributed by atoms with Gasteiger partial charge < -0.3 is 15.7 Å². The summed E-state index contributed by atoms with van der Waals surface area (Å²) in [4.78, 5) is 27.3. The van der Waals surface area contributed by atoms with Crippen LogP contribution in [0.2, 0.25) is 0 Å². The molecule has 0 radical (unpaired) electrons. The molecule has 1 saturated carbocycles. The van der Waals surface area contributed by atoms with E-state index in [2.05, 4.69) is 15.6 Å². The van der Waals surface area contributed by atoms with Crippen LogP contribution in [0.25, 0.3) is 0 Å². The third kappa shape index (κ3) is 4.73. The van der Waals surface area contributed by atoms with Crippen LogP contribution in [-0.4, -0.2) is 28.1 Å².